The predicted molar refractivity (Wildman–Crippen MR) is 102 cm³/mol. The van der Waals surface area contributed by atoms with Crippen molar-refractivity contribution in [3.05, 3.63) is 48.0 Å². The van der Waals surface area contributed by atoms with E-state index in [-0.39, 0.29) is 11.8 Å². The van der Waals surface area contributed by atoms with Crippen LogP contribution in [0.4, 0.5) is 11.4 Å². The fourth-order valence-electron chi connectivity index (χ4n) is 3.58. The summed E-state index contributed by atoms with van der Waals surface area (Å²) in [7, 11) is 0. The van der Waals surface area contributed by atoms with Gasteiger partial charge in [-0.25, -0.2) is 0 Å². The number of rotatable bonds is 3. The zero-order valence-electron chi connectivity index (χ0n) is 15.2. The molecule has 1 spiro atoms. The lowest BCUT2D eigenvalue weighted by Crippen LogP contribution is -2.40. The molecule has 0 radical (unpaired) electrons. The summed E-state index contributed by atoms with van der Waals surface area (Å²) in [5.41, 5.74) is 1.81. The smallest absolute Gasteiger partial charge is 0.255 e. The van der Waals surface area contributed by atoms with Crippen LogP contribution in [0.3, 0.4) is 0 Å². The van der Waals surface area contributed by atoms with E-state index in [1.54, 1.807) is 24.3 Å². The lowest BCUT2D eigenvalue weighted by molar-refractivity contribution is -0.114. The summed E-state index contributed by atoms with van der Waals surface area (Å²) in [6, 6.07) is 12.2. The highest BCUT2D eigenvalue weighted by molar-refractivity contribution is 6.04. The molecule has 27 heavy (non-hydrogen) atoms. The minimum absolute atomic E-state index is 0.150. The second-order valence-electron chi connectivity index (χ2n) is 7.05. The zero-order valence-corrected chi connectivity index (χ0v) is 15.2. The van der Waals surface area contributed by atoms with Gasteiger partial charge in [0, 0.05) is 42.8 Å². The predicted octanol–water partition coefficient (Wildman–Crippen LogP) is 4.33. The molecule has 0 saturated heterocycles. The highest BCUT2D eigenvalue weighted by Gasteiger charge is 2.42. The summed E-state index contributed by atoms with van der Waals surface area (Å²) < 4.78 is 12.2. The third kappa shape index (κ3) is 3.74. The van der Waals surface area contributed by atoms with Crippen LogP contribution < -0.4 is 20.1 Å². The van der Waals surface area contributed by atoms with Crippen molar-refractivity contribution in [2.24, 2.45) is 0 Å². The normalized spacial score (nSPS) is 16.8. The third-order valence-corrected chi connectivity index (χ3v) is 4.88. The van der Waals surface area contributed by atoms with Gasteiger partial charge in [-0.2, -0.15) is 0 Å². The first-order chi connectivity index (χ1) is 13.0. The Morgan fingerprint density at radius 3 is 2.22 bits per heavy atom. The summed E-state index contributed by atoms with van der Waals surface area (Å²) in [6.45, 7) is 1.44. The van der Waals surface area contributed by atoms with Gasteiger partial charge in [0.05, 0.1) is 0 Å². The molecule has 0 bridgehead atoms. The number of carbonyl (C=O) groups is 2. The average molecular weight is 366 g/mol. The quantitative estimate of drug-likeness (QED) is 0.848. The van der Waals surface area contributed by atoms with E-state index >= 15 is 0 Å². The molecule has 2 N–H and O–H groups in total. The molecule has 140 valence electrons. The average Bonchev–Trinajstić information content (AvgIpc) is 2.99. The molecule has 4 rings (SSSR count). The van der Waals surface area contributed by atoms with E-state index in [9.17, 15) is 9.59 Å². The maximum Gasteiger partial charge on any atom is 0.255 e. The minimum Gasteiger partial charge on any atom is -0.448 e. The van der Waals surface area contributed by atoms with Gasteiger partial charge in [0.2, 0.25) is 5.91 Å². The maximum absolute atomic E-state index is 12.5. The molecule has 2 aromatic carbocycles. The Kier molecular flexibility index (Phi) is 4.48. The van der Waals surface area contributed by atoms with E-state index in [0.717, 1.165) is 31.4 Å². The van der Waals surface area contributed by atoms with Crippen LogP contribution in [0.25, 0.3) is 0 Å². The minimum atomic E-state index is -0.525. The van der Waals surface area contributed by atoms with Gasteiger partial charge in [0.1, 0.15) is 0 Å². The van der Waals surface area contributed by atoms with Crippen molar-refractivity contribution in [3.8, 4) is 11.5 Å². The second-order valence-corrected chi connectivity index (χ2v) is 7.05. The topological polar surface area (TPSA) is 76.7 Å². The molecule has 1 aliphatic heterocycles. The highest BCUT2D eigenvalue weighted by atomic mass is 16.7. The first-order valence-electron chi connectivity index (χ1n) is 9.24. The van der Waals surface area contributed by atoms with Gasteiger partial charge >= 0.3 is 0 Å². The summed E-state index contributed by atoms with van der Waals surface area (Å²) >= 11 is 0. The number of ether oxygens (including phenoxy) is 2. The van der Waals surface area contributed by atoms with Crippen molar-refractivity contribution in [2.45, 2.75) is 44.8 Å². The van der Waals surface area contributed by atoms with Gasteiger partial charge in [0.25, 0.3) is 11.7 Å². The molecule has 2 amide bonds. The molecule has 6 nitrogen and oxygen atoms in total. The standard InChI is InChI=1S/C21H22N2O4/c1-14(24)22-16-7-5-15(6-8-16)20(25)23-17-9-10-18-19(13-17)27-21(26-18)11-3-2-4-12-21/h5-10,13H,2-4,11-12H2,1H3,(H,22,24)(H,23,25). The molecular weight excluding hydrogens is 344 g/mol. The van der Waals surface area contributed by atoms with Crippen LogP contribution in [-0.2, 0) is 4.79 Å². The van der Waals surface area contributed by atoms with E-state index in [4.69, 9.17) is 9.47 Å². The van der Waals surface area contributed by atoms with Crippen molar-refractivity contribution in [1.29, 1.82) is 0 Å². The maximum atomic E-state index is 12.5. The van der Waals surface area contributed by atoms with Crippen LogP contribution in [0.5, 0.6) is 11.5 Å². The Balaban J connectivity index is 1.44. The Hall–Kier alpha value is -3.02. The van der Waals surface area contributed by atoms with E-state index in [1.807, 2.05) is 18.2 Å². The zero-order chi connectivity index (χ0) is 18.9. The number of carbonyl (C=O) groups excluding carboxylic acids is 2. The van der Waals surface area contributed by atoms with Crippen molar-refractivity contribution in [3.63, 3.8) is 0 Å². The van der Waals surface area contributed by atoms with Gasteiger partial charge in [-0.3, -0.25) is 9.59 Å². The fourth-order valence-corrected chi connectivity index (χ4v) is 3.58. The molecule has 1 heterocycles. The SMILES string of the molecule is CC(=O)Nc1ccc(C(=O)Nc2ccc3c(c2)OC2(CCCCC2)O3)cc1. The molecule has 2 aromatic rings. The number of anilines is 2. The van der Waals surface area contributed by atoms with Crippen LogP contribution in [0.1, 0.15) is 49.4 Å². The van der Waals surface area contributed by atoms with Crippen molar-refractivity contribution in [1.82, 2.24) is 0 Å². The molecule has 2 aliphatic rings. The molecule has 0 unspecified atom stereocenters. The summed E-state index contributed by atoms with van der Waals surface area (Å²) in [5, 5.41) is 5.55. The van der Waals surface area contributed by atoms with Crippen LogP contribution in [-0.4, -0.2) is 17.6 Å². The third-order valence-electron chi connectivity index (χ3n) is 4.88. The monoisotopic (exact) mass is 366 g/mol. The van der Waals surface area contributed by atoms with Crippen LogP contribution >= 0.6 is 0 Å². The number of amides is 2. The Morgan fingerprint density at radius 1 is 0.852 bits per heavy atom. The van der Waals surface area contributed by atoms with E-state index < -0.39 is 5.79 Å². The summed E-state index contributed by atoms with van der Waals surface area (Å²) in [6.07, 6.45) is 5.21. The van der Waals surface area contributed by atoms with Crippen molar-refractivity contribution in [2.75, 3.05) is 10.6 Å². The van der Waals surface area contributed by atoms with Gasteiger partial charge in [-0.05, 0) is 49.2 Å². The lowest BCUT2D eigenvalue weighted by atomic mass is 9.94. The second kappa shape index (κ2) is 6.95. The number of hydrogen-bond donors (Lipinski definition) is 2. The molecule has 0 aromatic heterocycles. The lowest BCUT2D eigenvalue weighted by Gasteiger charge is -2.31. The van der Waals surface area contributed by atoms with Crippen LogP contribution in [0.15, 0.2) is 42.5 Å². The van der Waals surface area contributed by atoms with Crippen LogP contribution in [0, 0.1) is 0 Å². The Bertz CT molecular complexity index is 870. The van der Waals surface area contributed by atoms with Gasteiger partial charge in [-0.1, -0.05) is 6.42 Å². The summed E-state index contributed by atoms with van der Waals surface area (Å²) in [5.74, 6) is 0.507. The van der Waals surface area contributed by atoms with Gasteiger partial charge in [-0.15, -0.1) is 0 Å². The Morgan fingerprint density at radius 2 is 1.52 bits per heavy atom. The fraction of sp³-hybridized carbons (Fsp3) is 0.333. The van der Waals surface area contributed by atoms with Crippen LogP contribution in [0.2, 0.25) is 0 Å². The van der Waals surface area contributed by atoms with E-state index in [0.29, 0.717) is 22.7 Å². The number of hydrogen-bond acceptors (Lipinski definition) is 4. The largest absolute Gasteiger partial charge is 0.448 e. The van der Waals surface area contributed by atoms with E-state index in [1.165, 1.54) is 13.3 Å². The molecule has 6 heteroatoms. The number of fused-ring (bicyclic) bond motifs is 1. The van der Waals surface area contributed by atoms with Crippen molar-refractivity contribution >= 4 is 23.2 Å². The first-order valence-corrected chi connectivity index (χ1v) is 9.24. The molecule has 0 atom stereocenters. The summed E-state index contributed by atoms with van der Waals surface area (Å²) in [4.78, 5) is 23.5. The van der Waals surface area contributed by atoms with E-state index in [2.05, 4.69) is 10.6 Å². The van der Waals surface area contributed by atoms with Crippen molar-refractivity contribution < 1.29 is 19.1 Å². The molecule has 1 saturated carbocycles. The molecular formula is C21H22N2O4. The van der Waals surface area contributed by atoms with Gasteiger partial charge < -0.3 is 20.1 Å². The molecule has 1 fully saturated rings. The molecule has 1 aliphatic carbocycles. The highest BCUT2D eigenvalue weighted by Crippen LogP contribution is 2.46. The van der Waals surface area contributed by atoms with Gasteiger partial charge in [0.15, 0.2) is 11.5 Å². The number of nitrogens with one attached hydrogen (secondary N) is 2. The number of benzene rings is 2. The first kappa shape index (κ1) is 17.4. The Labute approximate surface area is 157 Å².